The van der Waals surface area contributed by atoms with Crippen molar-refractivity contribution < 1.29 is 22.7 Å². The summed E-state index contributed by atoms with van der Waals surface area (Å²) in [6, 6.07) is 9.65. The average Bonchev–Trinajstić information content (AvgIpc) is 2.97. The molecule has 1 aromatic heterocycles. The maximum Gasteiger partial charge on any atom is 0.310 e. The molecule has 0 saturated heterocycles. The highest BCUT2D eigenvalue weighted by molar-refractivity contribution is 6.48. The molecule has 0 radical (unpaired) electrons. The van der Waals surface area contributed by atoms with E-state index in [4.69, 9.17) is 32.4 Å². The van der Waals surface area contributed by atoms with Gasteiger partial charge in [0.1, 0.15) is 12.4 Å². The van der Waals surface area contributed by atoms with Crippen molar-refractivity contribution in [3.05, 3.63) is 64.6 Å². The van der Waals surface area contributed by atoms with Gasteiger partial charge >= 0.3 is 5.97 Å². The number of halogens is 4. The molecule has 144 valence electrons. The summed E-state index contributed by atoms with van der Waals surface area (Å²) in [4.78, 5) is 12.4. The quantitative estimate of drug-likeness (QED) is 0.508. The second kappa shape index (κ2) is 7.64. The molecule has 1 aromatic carbocycles. The molecule has 1 aliphatic carbocycles. The Morgan fingerprint density at radius 2 is 1.93 bits per heavy atom. The summed E-state index contributed by atoms with van der Waals surface area (Å²) in [5.74, 6) is -1.10. The van der Waals surface area contributed by atoms with Crippen LogP contribution < -0.4 is 0 Å². The summed E-state index contributed by atoms with van der Waals surface area (Å²) in [6.45, 7) is 3.72. The van der Waals surface area contributed by atoms with Crippen LogP contribution in [0.2, 0.25) is 5.02 Å². The maximum atomic E-state index is 12.5. The number of hydrogen-bond donors (Lipinski definition) is 0. The first-order valence-electron chi connectivity index (χ1n) is 8.37. The molecule has 0 bridgehead atoms. The van der Waals surface area contributed by atoms with E-state index >= 15 is 0 Å². The Hall–Kier alpha value is -1.85. The highest BCUT2D eigenvalue weighted by Crippen LogP contribution is 2.60. The Balaban J connectivity index is 1.63. The van der Waals surface area contributed by atoms with E-state index in [0.717, 1.165) is 5.56 Å². The molecule has 0 N–H and O–H groups in total. The molecule has 3 rings (SSSR count). The van der Waals surface area contributed by atoms with Gasteiger partial charge in [0.05, 0.1) is 5.92 Å². The summed E-state index contributed by atoms with van der Waals surface area (Å²) in [5.41, 5.74) is 0.506. The van der Waals surface area contributed by atoms with Gasteiger partial charge in [0.25, 0.3) is 6.43 Å². The molecule has 2 atom stereocenters. The van der Waals surface area contributed by atoms with Gasteiger partial charge in [0.2, 0.25) is 0 Å². The topological polar surface area (TPSA) is 39.4 Å². The number of furan rings is 1. The summed E-state index contributed by atoms with van der Waals surface area (Å²) in [5, 5.41) is 1.15. The van der Waals surface area contributed by atoms with Crippen molar-refractivity contribution in [2.45, 2.75) is 26.9 Å². The zero-order chi connectivity index (χ0) is 19.8. The lowest BCUT2D eigenvalue weighted by Crippen LogP contribution is -2.10. The van der Waals surface area contributed by atoms with Crippen molar-refractivity contribution in [2.24, 2.45) is 17.3 Å². The number of benzene rings is 1. The Labute approximate surface area is 165 Å². The molecular formula is C20H18Cl2F2O3. The monoisotopic (exact) mass is 414 g/mol. The van der Waals surface area contributed by atoms with Crippen molar-refractivity contribution in [3.8, 4) is 0 Å². The molecule has 2 aromatic rings. The molecular weight excluding hydrogens is 397 g/mol. The van der Waals surface area contributed by atoms with E-state index in [1.165, 1.54) is 12.1 Å². The lowest BCUT2D eigenvalue weighted by Gasteiger charge is -2.04. The van der Waals surface area contributed by atoms with Gasteiger partial charge in [-0.1, -0.05) is 55.3 Å². The first kappa shape index (κ1) is 19.9. The van der Waals surface area contributed by atoms with Crippen LogP contribution in [0, 0.1) is 17.3 Å². The molecule has 27 heavy (non-hydrogen) atoms. The van der Waals surface area contributed by atoms with Gasteiger partial charge in [0, 0.05) is 10.1 Å². The second-order valence-corrected chi connectivity index (χ2v) is 7.90. The number of allylic oxidation sites excluding steroid dienone is 1. The van der Waals surface area contributed by atoms with E-state index in [-0.39, 0.29) is 29.6 Å². The largest absolute Gasteiger partial charge is 0.457 e. The van der Waals surface area contributed by atoms with E-state index < -0.39 is 18.2 Å². The molecule has 1 heterocycles. The normalized spacial score (nSPS) is 21.4. The fourth-order valence-electron chi connectivity index (χ4n) is 3.12. The van der Waals surface area contributed by atoms with Gasteiger partial charge in [-0.15, -0.1) is 0 Å². The molecule has 1 saturated carbocycles. The van der Waals surface area contributed by atoms with E-state index in [1.807, 2.05) is 19.9 Å². The molecule has 0 aliphatic heterocycles. The van der Waals surface area contributed by atoms with Gasteiger partial charge in [-0.25, -0.2) is 8.78 Å². The van der Waals surface area contributed by atoms with Crippen LogP contribution in [0.5, 0.6) is 0 Å². The smallest absolute Gasteiger partial charge is 0.310 e. The number of rotatable bonds is 6. The summed E-state index contributed by atoms with van der Waals surface area (Å²) in [6.07, 6.45) is -0.847. The van der Waals surface area contributed by atoms with Crippen molar-refractivity contribution in [1.29, 1.82) is 0 Å². The molecule has 3 nitrogen and oxygen atoms in total. The van der Waals surface area contributed by atoms with Gasteiger partial charge < -0.3 is 9.15 Å². The van der Waals surface area contributed by atoms with Crippen LogP contribution in [0.15, 0.2) is 46.9 Å². The summed E-state index contributed by atoms with van der Waals surface area (Å²) < 4.78 is 35.2. The third-order valence-electron chi connectivity index (χ3n) is 4.86. The fraction of sp³-hybridized carbons (Fsp3) is 0.350. The Kier molecular flexibility index (Phi) is 5.63. The Morgan fingerprint density at radius 1 is 1.26 bits per heavy atom. The number of carbonyl (C=O) groups excluding carboxylic acids is 1. The van der Waals surface area contributed by atoms with Crippen LogP contribution in [0.3, 0.4) is 0 Å². The third-order valence-corrected chi connectivity index (χ3v) is 5.46. The van der Waals surface area contributed by atoms with Crippen molar-refractivity contribution >= 4 is 34.2 Å². The predicted molar refractivity (Wildman–Crippen MR) is 99.5 cm³/mol. The molecule has 0 spiro atoms. The highest BCUT2D eigenvalue weighted by atomic mass is 35.5. The van der Waals surface area contributed by atoms with Gasteiger partial charge in [-0.3, -0.25) is 4.79 Å². The molecule has 0 amide bonds. The van der Waals surface area contributed by atoms with Crippen molar-refractivity contribution in [3.63, 3.8) is 0 Å². The van der Waals surface area contributed by atoms with Crippen LogP contribution in [-0.4, -0.2) is 5.97 Å². The highest BCUT2D eigenvalue weighted by Gasteiger charge is 2.61. The number of esters is 1. The minimum Gasteiger partial charge on any atom is -0.457 e. The van der Waals surface area contributed by atoms with E-state index in [2.05, 4.69) is 0 Å². The Morgan fingerprint density at radius 3 is 2.52 bits per heavy atom. The first-order chi connectivity index (χ1) is 12.7. The number of ether oxygens (including phenoxy) is 1. The lowest BCUT2D eigenvalue weighted by atomic mass is 10.1. The second-order valence-electron chi connectivity index (χ2n) is 7.06. The van der Waals surface area contributed by atoms with Crippen molar-refractivity contribution in [2.75, 3.05) is 0 Å². The zero-order valence-corrected chi connectivity index (χ0v) is 16.2. The predicted octanol–water partition coefficient (Wildman–Crippen LogP) is 6.47. The minimum absolute atomic E-state index is 0.0820. The van der Waals surface area contributed by atoms with Crippen LogP contribution in [0.1, 0.15) is 37.4 Å². The van der Waals surface area contributed by atoms with Crippen LogP contribution in [0.4, 0.5) is 8.78 Å². The number of carbonyl (C=O) groups is 1. The van der Waals surface area contributed by atoms with Gasteiger partial charge in [0.15, 0.2) is 5.76 Å². The number of hydrogen-bond acceptors (Lipinski definition) is 3. The van der Waals surface area contributed by atoms with E-state index in [1.54, 1.807) is 24.3 Å². The van der Waals surface area contributed by atoms with Crippen LogP contribution >= 0.6 is 23.2 Å². The minimum atomic E-state index is -2.69. The first-order valence-corrected chi connectivity index (χ1v) is 9.12. The standard InChI is InChI=1S/C20H18Cl2F2O3/c1-20(2)14(9-15(22)11-3-5-12(21)6-4-11)17(20)19(25)26-10-13-7-8-16(27-13)18(23)24/h3-9,14,17-18H,10H2,1-2H3/b15-9-/t14-,17-/m0/s1. The molecule has 1 aliphatic rings. The van der Waals surface area contributed by atoms with Crippen LogP contribution in [-0.2, 0) is 16.1 Å². The van der Waals surface area contributed by atoms with Gasteiger partial charge in [-0.2, -0.15) is 0 Å². The SMILES string of the molecule is CC1(C)[C@H](C(=O)OCc2ccc(C(F)F)o2)[C@@H]1/C=C(\Cl)c1ccc(Cl)cc1. The Bertz CT molecular complexity index is 856. The zero-order valence-electron chi connectivity index (χ0n) is 14.7. The van der Waals surface area contributed by atoms with E-state index in [0.29, 0.717) is 10.1 Å². The van der Waals surface area contributed by atoms with Crippen LogP contribution in [0.25, 0.3) is 5.03 Å². The van der Waals surface area contributed by atoms with Crippen molar-refractivity contribution in [1.82, 2.24) is 0 Å². The fourth-order valence-corrected chi connectivity index (χ4v) is 3.51. The third kappa shape index (κ3) is 4.36. The molecule has 7 heteroatoms. The van der Waals surface area contributed by atoms with Gasteiger partial charge in [-0.05, 0) is 41.2 Å². The summed E-state index contributed by atoms with van der Waals surface area (Å²) >= 11 is 12.3. The average molecular weight is 415 g/mol. The maximum absolute atomic E-state index is 12.5. The molecule has 1 fully saturated rings. The summed E-state index contributed by atoms with van der Waals surface area (Å²) in [7, 11) is 0. The molecule has 0 unspecified atom stereocenters. The number of alkyl halides is 2. The van der Waals surface area contributed by atoms with E-state index in [9.17, 15) is 13.6 Å². The lowest BCUT2D eigenvalue weighted by molar-refractivity contribution is -0.148.